The molecule has 0 atom stereocenters. The van der Waals surface area contributed by atoms with Crippen molar-refractivity contribution in [1.82, 2.24) is 0 Å². The topological polar surface area (TPSA) is 3.24 Å². The van der Waals surface area contributed by atoms with Gasteiger partial charge < -0.3 is 4.90 Å². The molecular formula is C11H16F2NY-. The van der Waals surface area contributed by atoms with Crippen LogP contribution in [0.5, 0.6) is 0 Å². The minimum Gasteiger partial charge on any atom is -0.399 e. The normalized spacial score (nSPS) is 8.73. The first kappa shape index (κ1) is 17.4. The zero-order valence-electron chi connectivity index (χ0n) is 9.59. The molecule has 1 radical (unpaired) electrons. The van der Waals surface area contributed by atoms with E-state index in [1.807, 2.05) is 27.9 Å². The number of rotatable bonds is 2. The van der Waals surface area contributed by atoms with Gasteiger partial charge in [-0.3, -0.25) is 0 Å². The van der Waals surface area contributed by atoms with E-state index in [2.05, 4.69) is 6.07 Å². The summed E-state index contributed by atoms with van der Waals surface area (Å²) in [5, 5.41) is 0. The van der Waals surface area contributed by atoms with E-state index < -0.39 is 6.43 Å². The average Bonchev–Trinajstić information content (AvgIpc) is 2.21. The molecule has 4 heteroatoms. The molecule has 15 heavy (non-hydrogen) atoms. The molecule has 0 amide bonds. The molecule has 0 unspecified atom stereocenters. The van der Waals surface area contributed by atoms with Crippen LogP contribution in [0.1, 0.15) is 25.8 Å². The van der Waals surface area contributed by atoms with Gasteiger partial charge in [0, 0.05) is 46.8 Å². The van der Waals surface area contributed by atoms with Gasteiger partial charge >= 0.3 is 0 Å². The molecule has 0 heterocycles. The van der Waals surface area contributed by atoms with Crippen molar-refractivity contribution in [3.63, 3.8) is 0 Å². The maximum absolute atomic E-state index is 12.2. The molecular weight excluding hydrogens is 273 g/mol. The van der Waals surface area contributed by atoms with Crippen LogP contribution in [0.15, 0.2) is 18.2 Å². The van der Waals surface area contributed by atoms with Crippen molar-refractivity contribution in [2.24, 2.45) is 0 Å². The van der Waals surface area contributed by atoms with Crippen LogP contribution in [-0.4, -0.2) is 14.1 Å². The van der Waals surface area contributed by atoms with Gasteiger partial charge in [0.1, 0.15) is 0 Å². The van der Waals surface area contributed by atoms with Crippen molar-refractivity contribution in [2.75, 3.05) is 19.0 Å². The summed E-state index contributed by atoms with van der Waals surface area (Å²) in [7, 11) is 3.62. The monoisotopic (exact) mass is 289 g/mol. The molecule has 0 aliphatic heterocycles. The molecule has 0 fully saturated rings. The van der Waals surface area contributed by atoms with Crippen molar-refractivity contribution < 1.29 is 41.5 Å². The second-order valence-electron chi connectivity index (χ2n) is 2.70. The number of hydrogen-bond acceptors (Lipinski definition) is 1. The molecule has 0 saturated heterocycles. The largest absolute Gasteiger partial charge is 0.399 e. The summed E-state index contributed by atoms with van der Waals surface area (Å²) in [6.07, 6.45) is -2.44. The Morgan fingerprint density at radius 1 is 1.27 bits per heavy atom. The van der Waals surface area contributed by atoms with Crippen LogP contribution in [-0.2, 0) is 32.7 Å². The van der Waals surface area contributed by atoms with Crippen LogP contribution in [0.3, 0.4) is 0 Å². The Morgan fingerprint density at radius 3 is 2.20 bits per heavy atom. The number of alkyl halides is 2. The van der Waals surface area contributed by atoms with E-state index in [9.17, 15) is 8.78 Å². The van der Waals surface area contributed by atoms with Gasteiger partial charge in [-0.2, -0.15) is 12.1 Å². The molecule has 0 bridgehead atoms. The number of benzene rings is 1. The molecule has 1 rings (SSSR count). The molecule has 1 nitrogen and oxygen atoms in total. The Hall–Kier alpha value is -0.0161. The van der Waals surface area contributed by atoms with Crippen molar-refractivity contribution in [3.8, 4) is 0 Å². The molecule has 1 aromatic rings. The first-order valence-electron chi connectivity index (χ1n) is 4.58. The summed E-state index contributed by atoms with van der Waals surface area (Å²) in [4.78, 5) is 1.78. The van der Waals surface area contributed by atoms with Crippen LogP contribution in [0.2, 0.25) is 0 Å². The fourth-order valence-corrected chi connectivity index (χ4v) is 0.877. The SMILES string of the molecule is CC.CN(C)c1cc[c-]c(C(F)F)c1.[Y]. The minimum absolute atomic E-state index is 0. The van der Waals surface area contributed by atoms with Crippen molar-refractivity contribution >= 4 is 5.69 Å². The van der Waals surface area contributed by atoms with Crippen molar-refractivity contribution in [2.45, 2.75) is 20.3 Å². The summed E-state index contributed by atoms with van der Waals surface area (Å²) in [5.74, 6) is 0. The third-order valence-corrected chi connectivity index (χ3v) is 1.56. The molecule has 0 N–H and O–H groups in total. The number of hydrogen-bond donors (Lipinski definition) is 0. The Morgan fingerprint density at radius 2 is 1.80 bits per heavy atom. The van der Waals surface area contributed by atoms with Crippen LogP contribution in [0.25, 0.3) is 0 Å². The Kier molecular flexibility index (Phi) is 10.7. The summed E-state index contributed by atoms with van der Waals surface area (Å²) in [5.41, 5.74) is 0.713. The fourth-order valence-electron chi connectivity index (χ4n) is 0.877. The number of nitrogens with zero attached hydrogens (tertiary/aromatic N) is 1. The van der Waals surface area contributed by atoms with Gasteiger partial charge in [0.15, 0.2) is 0 Å². The van der Waals surface area contributed by atoms with Gasteiger partial charge in [0.05, 0.1) is 0 Å². The molecule has 0 aromatic heterocycles. The van der Waals surface area contributed by atoms with Crippen molar-refractivity contribution in [1.29, 1.82) is 0 Å². The maximum Gasteiger partial charge on any atom is 0.242 e. The Bertz CT molecular complexity index is 241. The minimum atomic E-state index is -2.44. The predicted octanol–water partition coefficient (Wildman–Crippen LogP) is 3.51. The van der Waals surface area contributed by atoms with Gasteiger partial charge in [-0.05, 0) is 0 Å². The van der Waals surface area contributed by atoms with Crippen molar-refractivity contribution in [3.05, 3.63) is 29.8 Å². The third kappa shape index (κ3) is 6.21. The molecule has 0 spiro atoms. The van der Waals surface area contributed by atoms with E-state index in [0.29, 0.717) is 0 Å². The summed E-state index contributed by atoms with van der Waals surface area (Å²) in [6.45, 7) is 4.00. The standard InChI is InChI=1S/C9H10F2N.C2H6.Y/c1-12(2)8-5-3-4-7(6-8)9(10)11;1-2;/h3,5-6,9H,1-2H3;1-2H3;/q-1;;. The first-order valence-corrected chi connectivity index (χ1v) is 4.58. The van der Waals surface area contributed by atoms with E-state index in [1.54, 1.807) is 11.0 Å². The molecule has 0 aliphatic rings. The zero-order valence-corrected chi connectivity index (χ0v) is 12.4. The van der Waals surface area contributed by atoms with Gasteiger partial charge in [0.2, 0.25) is 6.43 Å². The van der Waals surface area contributed by atoms with Crippen LogP contribution < -0.4 is 4.90 Å². The Labute approximate surface area is 116 Å². The summed E-state index contributed by atoms with van der Waals surface area (Å²) < 4.78 is 24.3. The van der Waals surface area contributed by atoms with Crippen LogP contribution in [0.4, 0.5) is 14.5 Å². The number of anilines is 1. The fraction of sp³-hybridized carbons (Fsp3) is 0.455. The van der Waals surface area contributed by atoms with E-state index in [4.69, 9.17) is 0 Å². The van der Waals surface area contributed by atoms with Gasteiger partial charge in [-0.1, -0.05) is 25.1 Å². The maximum atomic E-state index is 12.2. The van der Waals surface area contributed by atoms with Gasteiger partial charge in [-0.15, -0.1) is 12.1 Å². The molecule has 0 saturated carbocycles. The quantitative estimate of drug-likeness (QED) is 0.753. The average molecular weight is 289 g/mol. The zero-order chi connectivity index (χ0) is 11.1. The second kappa shape index (κ2) is 9.23. The smallest absolute Gasteiger partial charge is 0.242 e. The molecule has 0 aliphatic carbocycles. The summed E-state index contributed by atoms with van der Waals surface area (Å²) in [6, 6.07) is 7.17. The van der Waals surface area contributed by atoms with E-state index in [-0.39, 0.29) is 38.3 Å². The second-order valence-corrected chi connectivity index (χ2v) is 2.70. The summed E-state index contributed by atoms with van der Waals surface area (Å²) >= 11 is 0. The third-order valence-electron chi connectivity index (χ3n) is 1.56. The Balaban J connectivity index is 0. The molecule has 1 aromatic carbocycles. The van der Waals surface area contributed by atoms with Crippen LogP contribution in [0, 0.1) is 6.07 Å². The first-order chi connectivity index (χ1) is 6.61. The van der Waals surface area contributed by atoms with E-state index in [0.717, 1.165) is 5.69 Å². The molecule has 83 valence electrons. The van der Waals surface area contributed by atoms with Gasteiger partial charge in [0.25, 0.3) is 0 Å². The van der Waals surface area contributed by atoms with Crippen LogP contribution >= 0.6 is 0 Å². The number of halogens is 2. The predicted molar refractivity (Wildman–Crippen MR) is 55.9 cm³/mol. The van der Waals surface area contributed by atoms with E-state index >= 15 is 0 Å². The van der Waals surface area contributed by atoms with Gasteiger partial charge in [-0.25, -0.2) is 8.78 Å². The van der Waals surface area contributed by atoms with E-state index in [1.165, 1.54) is 12.1 Å².